The average molecular weight is 261 g/mol. The summed E-state index contributed by atoms with van der Waals surface area (Å²) in [6.45, 7) is 2.95. The highest BCUT2D eigenvalue weighted by atomic mass is 16.5. The van der Waals surface area contributed by atoms with Gasteiger partial charge >= 0.3 is 5.97 Å². The molecule has 6 heteroatoms. The van der Waals surface area contributed by atoms with E-state index in [-0.39, 0.29) is 6.42 Å². The zero-order valence-electron chi connectivity index (χ0n) is 10.6. The lowest BCUT2D eigenvalue weighted by molar-refractivity contribution is -0.136. The number of aryl methyl sites for hydroxylation is 1. The maximum Gasteiger partial charge on any atom is 0.307 e. The molecule has 0 spiro atoms. The molecule has 0 aliphatic heterocycles. The molecule has 2 aromatic rings. The van der Waals surface area contributed by atoms with Gasteiger partial charge in [0, 0.05) is 13.5 Å². The molecule has 0 aliphatic carbocycles. The van der Waals surface area contributed by atoms with Crippen molar-refractivity contribution in [3.8, 4) is 0 Å². The van der Waals surface area contributed by atoms with E-state index < -0.39 is 5.97 Å². The average Bonchev–Trinajstić information content (AvgIpc) is 2.77. The molecular formula is C13H15N3O3. The summed E-state index contributed by atoms with van der Waals surface area (Å²) in [7, 11) is 0. The molecule has 0 radical (unpaired) electrons. The minimum Gasteiger partial charge on any atom is -0.481 e. The molecule has 19 heavy (non-hydrogen) atoms. The summed E-state index contributed by atoms with van der Waals surface area (Å²) in [4.78, 5) is 14.6. The third-order valence-corrected chi connectivity index (χ3v) is 2.56. The number of aromatic nitrogens is 2. The summed E-state index contributed by atoms with van der Waals surface area (Å²) in [6, 6.07) is 7.47. The predicted molar refractivity (Wildman–Crippen MR) is 67.4 cm³/mol. The van der Waals surface area contributed by atoms with Crippen molar-refractivity contribution in [1.29, 1.82) is 0 Å². The van der Waals surface area contributed by atoms with E-state index >= 15 is 0 Å². The van der Waals surface area contributed by atoms with Crippen LogP contribution in [-0.4, -0.2) is 21.2 Å². The minimum absolute atomic E-state index is 0.0514. The molecule has 0 bridgehead atoms. The Bertz CT molecular complexity index is 549. The Hall–Kier alpha value is -2.21. The van der Waals surface area contributed by atoms with Crippen LogP contribution in [0.4, 0.5) is 0 Å². The van der Waals surface area contributed by atoms with E-state index in [9.17, 15) is 4.79 Å². The van der Waals surface area contributed by atoms with Crippen molar-refractivity contribution in [3.63, 3.8) is 0 Å². The van der Waals surface area contributed by atoms with Crippen molar-refractivity contribution in [2.75, 3.05) is 0 Å². The number of carboxylic acid groups (broad SMARTS) is 1. The molecule has 0 amide bonds. The second-order valence-electron chi connectivity index (χ2n) is 4.22. The Balaban J connectivity index is 1.81. The molecule has 6 nitrogen and oxygen atoms in total. The van der Waals surface area contributed by atoms with Crippen molar-refractivity contribution in [2.45, 2.75) is 26.4 Å². The lowest BCUT2D eigenvalue weighted by atomic mass is 10.1. The van der Waals surface area contributed by atoms with Crippen LogP contribution in [0.2, 0.25) is 0 Å². The van der Waals surface area contributed by atoms with Crippen molar-refractivity contribution >= 4 is 5.97 Å². The highest BCUT2D eigenvalue weighted by Crippen LogP contribution is 2.05. The Morgan fingerprint density at radius 3 is 2.53 bits per heavy atom. The molecule has 1 aromatic heterocycles. The first kappa shape index (κ1) is 13.2. The van der Waals surface area contributed by atoms with Gasteiger partial charge in [0.05, 0.1) is 13.0 Å². The van der Waals surface area contributed by atoms with Crippen molar-refractivity contribution < 1.29 is 14.4 Å². The summed E-state index contributed by atoms with van der Waals surface area (Å²) in [5.41, 5.74) is 1.87. The van der Waals surface area contributed by atoms with Gasteiger partial charge in [0.2, 0.25) is 5.89 Å². The second-order valence-corrected chi connectivity index (χ2v) is 4.22. The number of rotatable bonds is 6. The predicted octanol–water partition coefficient (Wildman–Crippen LogP) is 1.29. The van der Waals surface area contributed by atoms with Gasteiger partial charge in [0.15, 0.2) is 5.82 Å². The Labute approximate surface area is 110 Å². The summed E-state index contributed by atoms with van der Waals surface area (Å²) in [6.07, 6.45) is 0.0514. The van der Waals surface area contributed by atoms with Crippen LogP contribution in [0.15, 0.2) is 28.8 Å². The number of aliphatic carboxylic acids is 1. The molecule has 1 aromatic carbocycles. The molecule has 1 heterocycles. The molecule has 100 valence electrons. The van der Waals surface area contributed by atoms with Crippen molar-refractivity contribution in [1.82, 2.24) is 15.5 Å². The zero-order chi connectivity index (χ0) is 13.7. The van der Waals surface area contributed by atoms with Crippen LogP contribution in [0.5, 0.6) is 0 Å². The fraction of sp³-hybridized carbons (Fsp3) is 0.308. The van der Waals surface area contributed by atoms with Gasteiger partial charge in [-0.25, -0.2) is 0 Å². The van der Waals surface area contributed by atoms with Gasteiger partial charge in [-0.1, -0.05) is 29.4 Å². The SMILES string of the molecule is Cc1nc(CNCc2ccc(CC(=O)O)cc2)no1. The molecule has 0 atom stereocenters. The van der Waals surface area contributed by atoms with Crippen LogP contribution < -0.4 is 5.32 Å². The molecule has 0 unspecified atom stereocenters. The first-order valence-corrected chi connectivity index (χ1v) is 5.93. The third-order valence-electron chi connectivity index (χ3n) is 2.56. The quantitative estimate of drug-likeness (QED) is 0.814. The van der Waals surface area contributed by atoms with Gasteiger partial charge in [-0.2, -0.15) is 4.98 Å². The fourth-order valence-corrected chi connectivity index (χ4v) is 1.68. The van der Waals surface area contributed by atoms with E-state index in [4.69, 9.17) is 9.63 Å². The van der Waals surface area contributed by atoms with Crippen molar-refractivity contribution in [2.24, 2.45) is 0 Å². The van der Waals surface area contributed by atoms with Crippen LogP contribution in [0.25, 0.3) is 0 Å². The number of nitrogens with one attached hydrogen (secondary N) is 1. The molecular weight excluding hydrogens is 246 g/mol. The van der Waals surface area contributed by atoms with Crippen LogP contribution >= 0.6 is 0 Å². The molecule has 0 saturated carbocycles. The largest absolute Gasteiger partial charge is 0.481 e. The summed E-state index contributed by atoms with van der Waals surface area (Å²) < 4.78 is 4.86. The van der Waals surface area contributed by atoms with E-state index in [1.165, 1.54) is 0 Å². The summed E-state index contributed by atoms with van der Waals surface area (Å²) in [5.74, 6) is 0.355. The van der Waals surface area contributed by atoms with Crippen LogP contribution in [0.1, 0.15) is 22.8 Å². The maximum atomic E-state index is 10.5. The molecule has 0 fully saturated rings. The Morgan fingerprint density at radius 2 is 1.95 bits per heavy atom. The second kappa shape index (κ2) is 6.10. The zero-order valence-corrected chi connectivity index (χ0v) is 10.6. The number of hydrogen-bond donors (Lipinski definition) is 2. The number of hydrogen-bond acceptors (Lipinski definition) is 5. The van der Waals surface area contributed by atoms with E-state index in [0.717, 1.165) is 11.1 Å². The Kier molecular flexibility index (Phi) is 4.25. The van der Waals surface area contributed by atoms with E-state index in [0.29, 0.717) is 24.8 Å². The highest BCUT2D eigenvalue weighted by Gasteiger charge is 2.02. The smallest absolute Gasteiger partial charge is 0.307 e. The first-order chi connectivity index (χ1) is 9.13. The third kappa shape index (κ3) is 4.18. The Morgan fingerprint density at radius 1 is 1.26 bits per heavy atom. The monoisotopic (exact) mass is 261 g/mol. The lowest BCUT2D eigenvalue weighted by Gasteiger charge is -2.03. The van der Waals surface area contributed by atoms with E-state index in [2.05, 4.69) is 15.5 Å². The molecule has 0 saturated heterocycles. The summed E-state index contributed by atoms with van der Waals surface area (Å²) >= 11 is 0. The van der Waals surface area contributed by atoms with Crippen LogP contribution in [0, 0.1) is 6.92 Å². The van der Waals surface area contributed by atoms with Gasteiger partial charge < -0.3 is 14.9 Å². The normalized spacial score (nSPS) is 10.6. The van der Waals surface area contributed by atoms with Crippen LogP contribution in [-0.2, 0) is 24.3 Å². The molecule has 0 aliphatic rings. The van der Waals surface area contributed by atoms with Gasteiger partial charge in [0.25, 0.3) is 0 Å². The van der Waals surface area contributed by atoms with Gasteiger partial charge in [0.1, 0.15) is 0 Å². The lowest BCUT2D eigenvalue weighted by Crippen LogP contribution is -2.13. The number of nitrogens with zero attached hydrogens (tertiary/aromatic N) is 2. The van der Waals surface area contributed by atoms with E-state index in [1.807, 2.05) is 24.3 Å². The fourth-order valence-electron chi connectivity index (χ4n) is 1.68. The van der Waals surface area contributed by atoms with Crippen molar-refractivity contribution in [3.05, 3.63) is 47.1 Å². The van der Waals surface area contributed by atoms with Gasteiger partial charge in [-0.3, -0.25) is 4.79 Å². The molecule has 2 N–H and O–H groups in total. The highest BCUT2D eigenvalue weighted by molar-refractivity contribution is 5.70. The standard InChI is InChI=1S/C13H15N3O3/c1-9-15-12(16-19-9)8-14-7-11-4-2-10(3-5-11)6-13(17)18/h2-5,14H,6-8H2,1H3,(H,17,18). The van der Waals surface area contributed by atoms with Crippen LogP contribution in [0.3, 0.4) is 0 Å². The van der Waals surface area contributed by atoms with Gasteiger partial charge in [-0.05, 0) is 11.1 Å². The molecule has 2 rings (SSSR count). The number of carboxylic acids is 1. The summed E-state index contributed by atoms with van der Waals surface area (Å²) in [5, 5.41) is 15.6. The van der Waals surface area contributed by atoms with Gasteiger partial charge in [-0.15, -0.1) is 0 Å². The number of carbonyl (C=O) groups is 1. The minimum atomic E-state index is -0.821. The first-order valence-electron chi connectivity index (χ1n) is 5.93. The number of benzene rings is 1. The topological polar surface area (TPSA) is 88.2 Å². The van der Waals surface area contributed by atoms with E-state index in [1.54, 1.807) is 6.92 Å². The maximum absolute atomic E-state index is 10.5.